The summed E-state index contributed by atoms with van der Waals surface area (Å²) in [7, 11) is 0. The molecule has 2 N–H and O–H groups in total. The minimum absolute atomic E-state index is 0.500. The molecule has 4 rings (SSSR count). The van der Waals surface area contributed by atoms with E-state index in [-0.39, 0.29) is 0 Å². The average molecular weight is 324 g/mol. The predicted octanol–water partition coefficient (Wildman–Crippen LogP) is 2.77. The standard InChI is InChI=1S/C17H16N4OS/c22-14(16-8-12-4-1-2-5-15(12)23-16)11-18-9-13-10-20-17-19-6-3-7-21(13)17/h1-8,10,14,18,22H,9,11H2. The normalized spacial score (nSPS) is 12.9. The Kier molecular flexibility index (Phi) is 3.78. The van der Waals surface area contributed by atoms with Gasteiger partial charge in [-0.1, -0.05) is 18.2 Å². The van der Waals surface area contributed by atoms with Gasteiger partial charge in [0.25, 0.3) is 0 Å². The van der Waals surface area contributed by atoms with Crippen molar-refractivity contribution in [3.63, 3.8) is 0 Å². The molecule has 3 aromatic heterocycles. The number of imidazole rings is 1. The van der Waals surface area contributed by atoms with Gasteiger partial charge in [0.1, 0.15) is 6.10 Å². The molecule has 0 aliphatic heterocycles. The summed E-state index contributed by atoms with van der Waals surface area (Å²) in [4.78, 5) is 9.43. The van der Waals surface area contributed by atoms with Gasteiger partial charge in [-0.25, -0.2) is 9.97 Å². The SMILES string of the molecule is OC(CNCc1cnc2ncccn12)c1cc2ccccc2s1. The van der Waals surface area contributed by atoms with Gasteiger partial charge in [-0.05, 0) is 23.6 Å². The van der Waals surface area contributed by atoms with E-state index in [4.69, 9.17) is 0 Å². The van der Waals surface area contributed by atoms with E-state index in [1.807, 2.05) is 28.8 Å². The Morgan fingerprint density at radius 1 is 1.22 bits per heavy atom. The second kappa shape index (κ2) is 6.08. The van der Waals surface area contributed by atoms with Crippen molar-refractivity contribution in [1.82, 2.24) is 19.7 Å². The van der Waals surface area contributed by atoms with Crippen LogP contribution >= 0.6 is 11.3 Å². The second-order valence-corrected chi connectivity index (χ2v) is 6.49. The number of aliphatic hydroxyl groups is 1. The summed E-state index contributed by atoms with van der Waals surface area (Å²) < 4.78 is 3.15. The van der Waals surface area contributed by atoms with Gasteiger partial charge in [-0.2, -0.15) is 0 Å². The molecule has 0 amide bonds. The molecule has 23 heavy (non-hydrogen) atoms. The number of benzene rings is 1. The molecule has 1 aromatic carbocycles. The number of hydrogen-bond donors (Lipinski definition) is 2. The van der Waals surface area contributed by atoms with Crippen molar-refractivity contribution >= 4 is 27.2 Å². The number of aliphatic hydroxyl groups excluding tert-OH is 1. The third-order valence-corrected chi connectivity index (χ3v) is 5.00. The van der Waals surface area contributed by atoms with Crippen molar-refractivity contribution in [2.75, 3.05) is 6.54 Å². The molecule has 0 spiro atoms. The maximum atomic E-state index is 10.4. The van der Waals surface area contributed by atoms with Crippen LogP contribution in [-0.4, -0.2) is 26.0 Å². The monoisotopic (exact) mass is 324 g/mol. The van der Waals surface area contributed by atoms with Crippen LogP contribution in [0.15, 0.2) is 55.0 Å². The summed E-state index contributed by atoms with van der Waals surface area (Å²) in [5.74, 6) is 0.689. The number of nitrogens with one attached hydrogen (secondary N) is 1. The molecule has 1 unspecified atom stereocenters. The third kappa shape index (κ3) is 2.84. The molecule has 116 valence electrons. The number of hydrogen-bond acceptors (Lipinski definition) is 5. The Bertz CT molecular complexity index is 913. The smallest absolute Gasteiger partial charge is 0.233 e. The van der Waals surface area contributed by atoms with Crippen LogP contribution in [0.4, 0.5) is 0 Å². The summed E-state index contributed by atoms with van der Waals surface area (Å²) in [6.45, 7) is 1.13. The fourth-order valence-electron chi connectivity index (χ4n) is 2.61. The molecule has 0 aliphatic rings. The van der Waals surface area contributed by atoms with Crippen LogP contribution < -0.4 is 5.32 Å². The van der Waals surface area contributed by atoms with Crippen LogP contribution in [0.3, 0.4) is 0 Å². The van der Waals surface area contributed by atoms with Crippen molar-refractivity contribution in [3.8, 4) is 0 Å². The molecule has 4 aromatic rings. The Balaban J connectivity index is 1.42. The maximum Gasteiger partial charge on any atom is 0.233 e. The van der Waals surface area contributed by atoms with Gasteiger partial charge in [0.15, 0.2) is 0 Å². The Morgan fingerprint density at radius 2 is 2.13 bits per heavy atom. The van der Waals surface area contributed by atoms with Crippen LogP contribution in [0.1, 0.15) is 16.7 Å². The minimum atomic E-state index is -0.510. The number of rotatable bonds is 5. The quantitative estimate of drug-likeness (QED) is 0.592. The fourth-order valence-corrected chi connectivity index (χ4v) is 3.66. The van der Waals surface area contributed by atoms with Crippen LogP contribution in [0.5, 0.6) is 0 Å². The molecule has 0 saturated carbocycles. The van der Waals surface area contributed by atoms with Crippen molar-refractivity contribution in [1.29, 1.82) is 0 Å². The topological polar surface area (TPSA) is 62.5 Å². The van der Waals surface area contributed by atoms with Crippen molar-refractivity contribution in [2.45, 2.75) is 12.6 Å². The molecule has 0 saturated heterocycles. The molecule has 1 atom stereocenters. The van der Waals surface area contributed by atoms with Gasteiger partial charge in [-0.15, -0.1) is 11.3 Å². The van der Waals surface area contributed by atoms with E-state index in [1.165, 1.54) is 10.1 Å². The van der Waals surface area contributed by atoms with Crippen molar-refractivity contribution in [3.05, 3.63) is 65.6 Å². The molecule has 0 bridgehead atoms. The predicted molar refractivity (Wildman–Crippen MR) is 91.5 cm³/mol. The first-order valence-corrected chi connectivity index (χ1v) is 8.27. The van der Waals surface area contributed by atoms with Crippen LogP contribution in [0, 0.1) is 0 Å². The molecular weight excluding hydrogens is 308 g/mol. The summed E-state index contributed by atoms with van der Waals surface area (Å²) in [5.41, 5.74) is 1.02. The zero-order valence-electron chi connectivity index (χ0n) is 12.4. The van der Waals surface area contributed by atoms with E-state index >= 15 is 0 Å². The second-order valence-electron chi connectivity index (χ2n) is 5.37. The molecular formula is C17H16N4OS. The van der Waals surface area contributed by atoms with Crippen LogP contribution in [0.2, 0.25) is 0 Å². The molecule has 5 nitrogen and oxygen atoms in total. The van der Waals surface area contributed by atoms with E-state index < -0.39 is 6.10 Å². The van der Waals surface area contributed by atoms with E-state index in [0.29, 0.717) is 18.9 Å². The molecule has 3 heterocycles. The average Bonchev–Trinajstić information content (AvgIpc) is 3.19. The first-order chi connectivity index (χ1) is 11.3. The summed E-state index contributed by atoms with van der Waals surface area (Å²) >= 11 is 1.64. The van der Waals surface area contributed by atoms with Gasteiger partial charge in [-0.3, -0.25) is 4.40 Å². The van der Waals surface area contributed by atoms with E-state index in [0.717, 1.165) is 10.6 Å². The Hall–Kier alpha value is -2.28. The first kappa shape index (κ1) is 14.3. The van der Waals surface area contributed by atoms with Crippen molar-refractivity contribution < 1.29 is 5.11 Å². The minimum Gasteiger partial charge on any atom is -0.386 e. The maximum absolute atomic E-state index is 10.4. The van der Waals surface area contributed by atoms with Gasteiger partial charge in [0.2, 0.25) is 5.78 Å². The van der Waals surface area contributed by atoms with Gasteiger partial charge in [0, 0.05) is 35.1 Å². The van der Waals surface area contributed by atoms with Crippen molar-refractivity contribution in [2.24, 2.45) is 0 Å². The highest BCUT2D eigenvalue weighted by atomic mass is 32.1. The number of aromatic nitrogens is 3. The lowest BCUT2D eigenvalue weighted by Gasteiger charge is -2.09. The van der Waals surface area contributed by atoms with E-state index in [9.17, 15) is 5.11 Å². The highest BCUT2D eigenvalue weighted by Crippen LogP contribution is 2.29. The number of nitrogens with zero attached hydrogens (tertiary/aromatic N) is 3. The van der Waals surface area contributed by atoms with Gasteiger partial charge < -0.3 is 10.4 Å². The van der Waals surface area contributed by atoms with E-state index in [2.05, 4.69) is 33.5 Å². The summed E-state index contributed by atoms with van der Waals surface area (Å²) in [5, 5.41) is 14.8. The summed E-state index contributed by atoms with van der Waals surface area (Å²) in [6, 6.07) is 12.1. The Labute approximate surface area is 137 Å². The van der Waals surface area contributed by atoms with Crippen LogP contribution in [0.25, 0.3) is 15.9 Å². The molecule has 0 radical (unpaired) electrons. The van der Waals surface area contributed by atoms with Crippen LogP contribution in [-0.2, 0) is 6.54 Å². The zero-order chi connectivity index (χ0) is 15.6. The lowest BCUT2D eigenvalue weighted by molar-refractivity contribution is 0.178. The Morgan fingerprint density at radius 3 is 3.04 bits per heavy atom. The number of thiophene rings is 1. The number of fused-ring (bicyclic) bond motifs is 2. The van der Waals surface area contributed by atoms with Gasteiger partial charge in [0.05, 0.1) is 11.9 Å². The first-order valence-electron chi connectivity index (χ1n) is 7.45. The lowest BCUT2D eigenvalue weighted by Crippen LogP contribution is -2.21. The third-order valence-electron chi connectivity index (χ3n) is 3.78. The fraction of sp³-hybridized carbons (Fsp3) is 0.176. The van der Waals surface area contributed by atoms with E-state index in [1.54, 1.807) is 23.7 Å². The summed E-state index contributed by atoms with van der Waals surface area (Å²) in [6.07, 6.45) is 4.96. The van der Waals surface area contributed by atoms with Gasteiger partial charge >= 0.3 is 0 Å². The zero-order valence-corrected chi connectivity index (χ0v) is 13.2. The molecule has 0 fully saturated rings. The highest BCUT2D eigenvalue weighted by Gasteiger charge is 2.11. The molecule has 6 heteroatoms. The lowest BCUT2D eigenvalue weighted by atomic mass is 10.2. The largest absolute Gasteiger partial charge is 0.386 e. The highest BCUT2D eigenvalue weighted by molar-refractivity contribution is 7.19. The molecule has 0 aliphatic carbocycles.